The number of aliphatic hydroxyl groups excluding tert-OH is 2. The van der Waals surface area contributed by atoms with E-state index >= 15 is 0 Å². The minimum atomic E-state index is -0.467. The van der Waals surface area contributed by atoms with Crippen LogP contribution in [-0.2, 0) is 0 Å². The Hall–Kier alpha value is -0.0800. The van der Waals surface area contributed by atoms with Gasteiger partial charge in [0.25, 0.3) is 0 Å². The first-order valence-electron chi connectivity index (χ1n) is 3.62. The minimum Gasteiger partial charge on any atom is -0.394 e. The molecule has 1 aliphatic carbocycles. The van der Waals surface area contributed by atoms with Crippen LogP contribution in [0, 0.1) is 5.92 Å². The van der Waals surface area contributed by atoms with E-state index in [2.05, 4.69) is 0 Å². The summed E-state index contributed by atoms with van der Waals surface area (Å²) < 4.78 is 0. The molecule has 0 saturated heterocycles. The zero-order valence-corrected chi connectivity index (χ0v) is 5.58. The molecule has 1 aliphatic rings. The number of hydrogen-bond donors (Lipinski definition) is 2. The van der Waals surface area contributed by atoms with Crippen molar-refractivity contribution in [3.63, 3.8) is 0 Å². The van der Waals surface area contributed by atoms with Crippen molar-refractivity contribution in [1.82, 2.24) is 0 Å². The van der Waals surface area contributed by atoms with Crippen molar-refractivity contribution in [3.05, 3.63) is 0 Å². The Morgan fingerprint density at radius 3 is 2.56 bits per heavy atom. The van der Waals surface area contributed by atoms with Crippen molar-refractivity contribution in [2.24, 2.45) is 5.92 Å². The van der Waals surface area contributed by atoms with Crippen LogP contribution in [0.1, 0.15) is 25.7 Å². The van der Waals surface area contributed by atoms with Gasteiger partial charge in [0.1, 0.15) is 0 Å². The molecule has 1 saturated carbocycles. The highest BCUT2D eigenvalue weighted by molar-refractivity contribution is 4.73. The molecule has 0 radical (unpaired) electrons. The van der Waals surface area contributed by atoms with E-state index in [-0.39, 0.29) is 6.61 Å². The van der Waals surface area contributed by atoms with Gasteiger partial charge in [-0.25, -0.2) is 0 Å². The third kappa shape index (κ3) is 2.82. The lowest BCUT2D eigenvalue weighted by molar-refractivity contribution is 0.0853. The summed E-state index contributed by atoms with van der Waals surface area (Å²) in [6, 6.07) is 0. The third-order valence-corrected chi connectivity index (χ3v) is 1.82. The molecule has 1 atom stereocenters. The molecule has 0 amide bonds. The van der Waals surface area contributed by atoms with Gasteiger partial charge in [0.2, 0.25) is 0 Å². The van der Waals surface area contributed by atoms with Crippen molar-refractivity contribution in [2.75, 3.05) is 6.61 Å². The Bertz CT molecular complexity index is 79.0. The molecule has 9 heavy (non-hydrogen) atoms. The summed E-state index contributed by atoms with van der Waals surface area (Å²) in [6.07, 6.45) is 4.07. The Morgan fingerprint density at radius 1 is 1.44 bits per heavy atom. The summed E-state index contributed by atoms with van der Waals surface area (Å²) in [7, 11) is 0. The van der Waals surface area contributed by atoms with Crippen LogP contribution in [-0.4, -0.2) is 22.9 Å². The highest BCUT2D eigenvalue weighted by Crippen LogP contribution is 2.33. The first-order chi connectivity index (χ1) is 4.33. The van der Waals surface area contributed by atoms with Gasteiger partial charge in [-0.3, -0.25) is 0 Å². The molecule has 0 aromatic heterocycles. The molecule has 0 bridgehead atoms. The maximum atomic E-state index is 8.88. The lowest BCUT2D eigenvalue weighted by Crippen LogP contribution is -2.11. The van der Waals surface area contributed by atoms with Crippen LogP contribution < -0.4 is 0 Å². The molecule has 2 nitrogen and oxygen atoms in total. The van der Waals surface area contributed by atoms with Crippen LogP contribution >= 0.6 is 0 Å². The standard InChI is InChI=1S/C7H14O2/c8-5-7(9)4-3-6-1-2-6/h6-9H,1-5H2. The smallest absolute Gasteiger partial charge is 0.0771 e. The average Bonchev–Trinajstić information content (AvgIpc) is 2.65. The van der Waals surface area contributed by atoms with Gasteiger partial charge in [0.15, 0.2) is 0 Å². The molecule has 0 aliphatic heterocycles. The van der Waals surface area contributed by atoms with E-state index in [1.165, 1.54) is 12.8 Å². The summed E-state index contributed by atoms with van der Waals surface area (Å²) >= 11 is 0. The summed E-state index contributed by atoms with van der Waals surface area (Å²) in [6.45, 7) is -0.0767. The van der Waals surface area contributed by atoms with Crippen LogP contribution in [0.15, 0.2) is 0 Å². The second-order valence-electron chi connectivity index (χ2n) is 2.86. The molecule has 0 spiro atoms. The van der Waals surface area contributed by atoms with Crippen molar-refractivity contribution >= 4 is 0 Å². The molecular formula is C7H14O2. The van der Waals surface area contributed by atoms with E-state index in [0.29, 0.717) is 0 Å². The van der Waals surface area contributed by atoms with Gasteiger partial charge < -0.3 is 10.2 Å². The van der Waals surface area contributed by atoms with Crippen LogP contribution in [0.2, 0.25) is 0 Å². The first-order valence-corrected chi connectivity index (χ1v) is 3.62. The van der Waals surface area contributed by atoms with Crippen molar-refractivity contribution in [3.8, 4) is 0 Å². The van der Waals surface area contributed by atoms with Gasteiger partial charge in [0, 0.05) is 0 Å². The van der Waals surface area contributed by atoms with Gasteiger partial charge in [0.05, 0.1) is 12.7 Å². The largest absolute Gasteiger partial charge is 0.394 e. The second-order valence-corrected chi connectivity index (χ2v) is 2.86. The Labute approximate surface area is 55.5 Å². The Morgan fingerprint density at radius 2 is 2.11 bits per heavy atom. The van der Waals surface area contributed by atoms with Crippen LogP contribution in [0.4, 0.5) is 0 Å². The predicted molar refractivity (Wildman–Crippen MR) is 35.1 cm³/mol. The summed E-state index contributed by atoms with van der Waals surface area (Å²) in [4.78, 5) is 0. The number of aliphatic hydroxyl groups is 2. The zero-order chi connectivity index (χ0) is 6.69. The van der Waals surface area contributed by atoms with Gasteiger partial charge >= 0.3 is 0 Å². The molecule has 1 fully saturated rings. The average molecular weight is 130 g/mol. The fourth-order valence-corrected chi connectivity index (χ4v) is 0.926. The SMILES string of the molecule is OCC(O)CCC1CC1. The van der Waals surface area contributed by atoms with E-state index in [0.717, 1.165) is 18.8 Å². The highest BCUT2D eigenvalue weighted by atomic mass is 16.3. The maximum absolute atomic E-state index is 8.88. The Balaban J connectivity index is 1.90. The van der Waals surface area contributed by atoms with Crippen molar-refractivity contribution < 1.29 is 10.2 Å². The topological polar surface area (TPSA) is 40.5 Å². The van der Waals surface area contributed by atoms with Crippen molar-refractivity contribution in [1.29, 1.82) is 0 Å². The van der Waals surface area contributed by atoms with E-state index in [4.69, 9.17) is 10.2 Å². The van der Waals surface area contributed by atoms with Gasteiger partial charge in [-0.15, -0.1) is 0 Å². The fourth-order valence-electron chi connectivity index (χ4n) is 0.926. The second kappa shape index (κ2) is 3.18. The maximum Gasteiger partial charge on any atom is 0.0771 e. The van der Waals surface area contributed by atoms with E-state index in [9.17, 15) is 0 Å². The number of hydrogen-bond acceptors (Lipinski definition) is 2. The van der Waals surface area contributed by atoms with Crippen molar-refractivity contribution in [2.45, 2.75) is 31.8 Å². The quantitative estimate of drug-likeness (QED) is 0.582. The monoisotopic (exact) mass is 130 g/mol. The van der Waals surface area contributed by atoms with Gasteiger partial charge in [-0.05, 0) is 18.8 Å². The molecule has 1 rings (SSSR count). The molecule has 2 N–H and O–H groups in total. The molecule has 0 heterocycles. The Kier molecular flexibility index (Phi) is 2.49. The van der Waals surface area contributed by atoms with Gasteiger partial charge in [-0.1, -0.05) is 12.8 Å². The first kappa shape index (κ1) is 7.03. The molecule has 1 unspecified atom stereocenters. The van der Waals surface area contributed by atoms with E-state index < -0.39 is 6.10 Å². The fraction of sp³-hybridized carbons (Fsp3) is 1.00. The van der Waals surface area contributed by atoms with E-state index in [1.807, 2.05) is 0 Å². The lowest BCUT2D eigenvalue weighted by Gasteiger charge is -2.03. The summed E-state index contributed by atoms with van der Waals surface area (Å²) in [5.74, 6) is 0.867. The number of rotatable bonds is 4. The summed E-state index contributed by atoms with van der Waals surface area (Å²) in [5.41, 5.74) is 0. The van der Waals surface area contributed by atoms with Crippen LogP contribution in [0.25, 0.3) is 0 Å². The molecule has 0 aromatic rings. The lowest BCUT2D eigenvalue weighted by atomic mass is 10.1. The highest BCUT2D eigenvalue weighted by Gasteiger charge is 2.21. The normalized spacial score (nSPS) is 22.0. The molecule has 54 valence electrons. The minimum absolute atomic E-state index is 0.0767. The predicted octanol–water partition coefficient (Wildman–Crippen LogP) is 0.530. The molecular weight excluding hydrogens is 116 g/mol. The van der Waals surface area contributed by atoms with E-state index in [1.54, 1.807) is 0 Å². The molecule has 2 heteroatoms. The summed E-state index contributed by atoms with van der Waals surface area (Å²) in [5, 5.41) is 17.3. The third-order valence-electron chi connectivity index (χ3n) is 1.82. The van der Waals surface area contributed by atoms with Crippen LogP contribution in [0.5, 0.6) is 0 Å². The molecule has 0 aromatic carbocycles. The van der Waals surface area contributed by atoms with Gasteiger partial charge in [-0.2, -0.15) is 0 Å². The zero-order valence-electron chi connectivity index (χ0n) is 5.58. The van der Waals surface area contributed by atoms with Crippen LogP contribution in [0.3, 0.4) is 0 Å².